The number of unbranched alkanes of at least 4 members (excludes halogenated alkanes) is 2. The minimum absolute atomic E-state index is 0.0812. The highest BCUT2D eigenvalue weighted by molar-refractivity contribution is 5.25. The summed E-state index contributed by atoms with van der Waals surface area (Å²) in [5, 5.41) is 0. The van der Waals surface area contributed by atoms with Crippen molar-refractivity contribution in [3.63, 3.8) is 0 Å². The number of ether oxygens (including phenoxy) is 2. The highest BCUT2D eigenvalue weighted by Crippen LogP contribution is 2.54. The number of aryl methyl sites for hydroxylation is 1. The summed E-state index contributed by atoms with van der Waals surface area (Å²) in [6, 6.07) is 8.49. The van der Waals surface area contributed by atoms with E-state index in [9.17, 15) is 0 Å². The third-order valence-corrected chi connectivity index (χ3v) is 4.96. The van der Waals surface area contributed by atoms with Crippen LogP contribution in [0.4, 0.5) is 0 Å². The van der Waals surface area contributed by atoms with Crippen molar-refractivity contribution in [1.82, 2.24) is 0 Å². The summed E-state index contributed by atoms with van der Waals surface area (Å²) >= 11 is 0. The normalized spacial score (nSPS) is 31.3. The number of epoxide rings is 1. The molecule has 1 aliphatic carbocycles. The third kappa shape index (κ3) is 2.64. The van der Waals surface area contributed by atoms with Gasteiger partial charge in [-0.3, -0.25) is 0 Å². The Kier molecular flexibility index (Phi) is 4.13. The molecule has 2 heteroatoms. The Morgan fingerprint density at radius 2 is 2.10 bits per heavy atom. The van der Waals surface area contributed by atoms with Crippen LogP contribution in [0, 0.1) is 6.92 Å². The van der Waals surface area contributed by atoms with E-state index < -0.39 is 0 Å². The molecule has 3 rings (SSSR count). The second-order valence-electron chi connectivity index (χ2n) is 6.32. The highest BCUT2D eigenvalue weighted by atomic mass is 16.6. The highest BCUT2D eigenvalue weighted by Gasteiger charge is 2.65. The van der Waals surface area contributed by atoms with Gasteiger partial charge in [-0.15, -0.1) is 0 Å². The first kappa shape index (κ1) is 14.1. The maximum Gasteiger partial charge on any atom is 0.121 e. The Hall–Kier alpha value is -0.860. The quantitative estimate of drug-likeness (QED) is 0.543. The summed E-state index contributed by atoms with van der Waals surface area (Å²) in [5.74, 6) is 0. The Balaban J connectivity index is 1.56. The standard InChI is InChI=1S/C18H26O2/c1-3-4-7-12-18-16(10-11-17(18)20-18)19-13-15-9-6-5-8-14(15)2/h5-6,8-9,16-17H,3-4,7,10-13H2,1-2H3. The van der Waals surface area contributed by atoms with Crippen molar-refractivity contribution in [1.29, 1.82) is 0 Å². The second kappa shape index (κ2) is 5.87. The van der Waals surface area contributed by atoms with Gasteiger partial charge in [0.05, 0.1) is 18.8 Å². The maximum atomic E-state index is 6.23. The molecule has 20 heavy (non-hydrogen) atoms. The molecule has 0 aromatic heterocycles. The van der Waals surface area contributed by atoms with Gasteiger partial charge in [-0.25, -0.2) is 0 Å². The fourth-order valence-electron chi connectivity index (χ4n) is 3.58. The number of fused-ring (bicyclic) bond motifs is 1. The summed E-state index contributed by atoms with van der Waals surface area (Å²) in [6.45, 7) is 5.13. The molecule has 1 aliphatic heterocycles. The van der Waals surface area contributed by atoms with E-state index in [0.29, 0.717) is 12.2 Å². The molecule has 1 saturated heterocycles. The molecule has 2 nitrogen and oxygen atoms in total. The molecule has 1 saturated carbocycles. The van der Waals surface area contributed by atoms with Gasteiger partial charge in [0.2, 0.25) is 0 Å². The lowest BCUT2D eigenvalue weighted by Crippen LogP contribution is -2.30. The first-order valence-corrected chi connectivity index (χ1v) is 8.10. The van der Waals surface area contributed by atoms with Gasteiger partial charge in [-0.1, -0.05) is 50.5 Å². The van der Waals surface area contributed by atoms with Crippen molar-refractivity contribution >= 4 is 0 Å². The van der Waals surface area contributed by atoms with E-state index >= 15 is 0 Å². The summed E-state index contributed by atoms with van der Waals surface area (Å²) < 4.78 is 12.2. The van der Waals surface area contributed by atoms with Crippen LogP contribution in [0.3, 0.4) is 0 Å². The van der Waals surface area contributed by atoms with Crippen molar-refractivity contribution in [2.45, 2.75) is 76.8 Å². The van der Waals surface area contributed by atoms with Gasteiger partial charge in [0.25, 0.3) is 0 Å². The Morgan fingerprint density at radius 3 is 2.85 bits per heavy atom. The van der Waals surface area contributed by atoms with E-state index in [0.717, 1.165) is 6.61 Å². The molecule has 2 aliphatic rings. The maximum absolute atomic E-state index is 6.23. The molecule has 1 heterocycles. The van der Waals surface area contributed by atoms with Gasteiger partial charge in [0.1, 0.15) is 5.60 Å². The second-order valence-corrected chi connectivity index (χ2v) is 6.32. The third-order valence-electron chi connectivity index (χ3n) is 4.96. The summed E-state index contributed by atoms with van der Waals surface area (Å²) in [5.41, 5.74) is 2.71. The van der Waals surface area contributed by atoms with E-state index in [4.69, 9.17) is 9.47 Å². The molecule has 3 atom stereocenters. The zero-order chi connectivity index (χ0) is 14.0. The van der Waals surface area contributed by atoms with E-state index in [1.807, 2.05) is 0 Å². The van der Waals surface area contributed by atoms with Crippen molar-refractivity contribution in [3.8, 4) is 0 Å². The Labute approximate surface area is 122 Å². The van der Waals surface area contributed by atoms with Crippen LogP contribution in [-0.2, 0) is 16.1 Å². The van der Waals surface area contributed by atoms with Crippen LogP contribution < -0.4 is 0 Å². The molecule has 0 spiro atoms. The average Bonchev–Trinajstić information content (AvgIpc) is 3.06. The van der Waals surface area contributed by atoms with Gasteiger partial charge < -0.3 is 9.47 Å². The van der Waals surface area contributed by atoms with Gasteiger partial charge in [-0.05, 0) is 37.3 Å². The lowest BCUT2D eigenvalue weighted by atomic mass is 9.96. The lowest BCUT2D eigenvalue weighted by Gasteiger charge is -2.22. The van der Waals surface area contributed by atoms with Gasteiger partial charge in [0, 0.05) is 0 Å². The van der Waals surface area contributed by atoms with E-state index in [1.165, 1.54) is 49.7 Å². The summed E-state index contributed by atoms with van der Waals surface area (Å²) in [6.07, 6.45) is 8.19. The fraction of sp³-hybridized carbons (Fsp3) is 0.667. The lowest BCUT2D eigenvalue weighted by molar-refractivity contribution is -0.0215. The van der Waals surface area contributed by atoms with Crippen LogP contribution in [-0.4, -0.2) is 17.8 Å². The first-order chi connectivity index (χ1) is 9.76. The largest absolute Gasteiger partial charge is 0.370 e. The van der Waals surface area contributed by atoms with Crippen LogP contribution in [0.5, 0.6) is 0 Å². The van der Waals surface area contributed by atoms with Crippen LogP contribution in [0.2, 0.25) is 0 Å². The predicted octanol–water partition coefficient (Wildman–Crippen LogP) is 4.39. The Bertz CT molecular complexity index is 456. The molecule has 110 valence electrons. The number of hydrogen-bond acceptors (Lipinski definition) is 2. The zero-order valence-corrected chi connectivity index (χ0v) is 12.7. The molecule has 0 radical (unpaired) electrons. The van der Waals surface area contributed by atoms with Crippen molar-refractivity contribution in [2.24, 2.45) is 0 Å². The van der Waals surface area contributed by atoms with E-state index in [1.54, 1.807) is 0 Å². The van der Waals surface area contributed by atoms with Crippen LogP contribution in [0.15, 0.2) is 24.3 Å². The molecular weight excluding hydrogens is 248 g/mol. The number of benzene rings is 1. The number of rotatable bonds is 7. The minimum Gasteiger partial charge on any atom is -0.370 e. The fourth-order valence-corrected chi connectivity index (χ4v) is 3.58. The summed E-state index contributed by atoms with van der Waals surface area (Å²) in [4.78, 5) is 0. The first-order valence-electron chi connectivity index (χ1n) is 8.10. The van der Waals surface area contributed by atoms with Crippen molar-refractivity contribution < 1.29 is 9.47 Å². The molecule has 1 aromatic carbocycles. The SMILES string of the molecule is CCCCCC12OC1CCC2OCc1ccccc1C. The van der Waals surface area contributed by atoms with E-state index in [-0.39, 0.29) is 5.60 Å². The van der Waals surface area contributed by atoms with Crippen molar-refractivity contribution in [3.05, 3.63) is 35.4 Å². The van der Waals surface area contributed by atoms with Gasteiger partial charge in [0.15, 0.2) is 0 Å². The molecule has 0 bridgehead atoms. The predicted molar refractivity (Wildman–Crippen MR) is 80.7 cm³/mol. The molecular formula is C18H26O2. The van der Waals surface area contributed by atoms with Crippen LogP contribution in [0.25, 0.3) is 0 Å². The molecule has 3 unspecified atom stereocenters. The minimum atomic E-state index is 0.0812. The average molecular weight is 274 g/mol. The van der Waals surface area contributed by atoms with E-state index in [2.05, 4.69) is 38.1 Å². The smallest absolute Gasteiger partial charge is 0.121 e. The molecule has 0 N–H and O–H groups in total. The van der Waals surface area contributed by atoms with Crippen LogP contribution >= 0.6 is 0 Å². The Morgan fingerprint density at radius 1 is 1.25 bits per heavy atom. The van der Waals surface area contributed by atoms with Gasteiger partial charge in [-0.2, -0.15) is 0 Å². The van der Waals surface area contributed by atoms with Crippen LogP contribution in [0.1, 0.15) is 56.6 Å². The topological polar surface area (TPSA) is 21.8 Å². The number of hydrogen-bond donors (Lipinski definition) is 0. The van der Waals surface area contributed by atoms with Gasteiger partial charge >= 0.3 is 0 Å². The molecule has 0 amide bonds. The summed E-state index contributed by atoms with van der Waals surface area (Å²) in [7, 11) is 0. The molecule has 1 aromatic rings. The molecule has 2 fully saturated rings. The zero-order valence-electron chi connectivity index (χ0n) is 12.7. The monoisotopic (exact) mass is 274 g/mol. The van der Waals surface area contributed by atoms with Crippen molar-refractivity contribution in [2.75, 3.05) is 0 Å².